The summed E-state index contributed by atoms with van der Waals surface area (Å²) >= 11 is 0. The van der Waals surface area contributed by atoms with E-state index >= 15 is 0 Å². The first kappa shape index (κ1) is 15.9. The molecular formula is C16H22N4O2. The van der Waals surface area contributed by atoms with Crippen LogP contribution in [0.1, 0.15) is 11.1 Å². The molecule has 0 saturated carbocycles. The van der Waals surface area contributed by atoms with E-state index in [1.54, 1.807) is 29.9 Å². The van der Waals surface area contributed by atoms with Crippen LogP contribution in [-0.2, 0) is 20.0 Å². The van der Waals surface area contributed by atoms with E-state index in [1.165, 1.54) is 0 Å². The van der Waals surface area contributed by atoms with Crippen molar-refractivity contribution in [2.45, 2.75) is 13.0 Å². The summed E-state index contributed by atoms with van der Waals surface area (Å²) in [7, 11) is 5.28. The quantitative estimate of drug-likeness (QED) is 0.885. The summed E-state index contributed by atoms with van der Waals surface area (Å²) in [5.41, 5.74) is 2.17. The number of ether oxygens (including phenoxy) is 1. The number of methoxy groups -OCH3 is 1. The summed E-state index contributed by atoms with van der Waals surface area (Å²) < 4.78 is 6.85. The van der Waals surface area contributed by atoms with Gasteiger partial charge in [0.1, 0.15) is 5.75 Å². The summed E-state index contributed by atoms with van der Waals surface area (Å²) in [6.45, 7) is 1.14. The van der Waals surface area contributed by atoms with Crippen LogP contribution in [-0.4, -0.2) is 41.4 Å². The van der Waals surface area contributed by atoms with Crippen LogP contribution in [0.25, 0.3) is 0 Å². The minimum Gasteiger partial charge on any atom is -0.497 e. The van der Waals surface area contributed by atoms with Gasteiger partial charge in [0.2, 0.25) is 0 Å². The molecule has 0 aliphatic rings. The highest BCUT2D eigenvalue weighted by molar-refractivity contribution is 5.73. The van der Waals surface area contributed by atoms with Crippen molar-refractivity contribution in [1.29, 1.82) is 0 Å². The summed E-state index contributed by atoms with van der Waals surface area (Å²) in [5.74, 6) is 0.837. The number of benzene rings is 1. The molecule has 0 unspecified atom stereocenters. The summed E-state index contributed by atoms with van der Waals surface area (Å²) in [4.78, 5) is 13.7. The Balaban J connectivity index is 1.74. The number of rotatable bonds is 6. The maximum atomic E-state index is 12.0. The summed E-state index contributed by atoms with van der Waals surface area (Å²) in [6, 6.07) is 7.77. The fourth-order valence-corrected chi connectivity index (χ4v) is 2.14. The fourth-order valence-electron chi connectivity index (χ4n) is 2.14. The molecule has 6 heteroatoms. The van der Waals surface area contributed by atoms with Gasteiger partial charge < -0.3 is 15.0 Å². The van der Waals surface area contributed by atoms with Gasteiger partial charge in [-0.3, -0.25) is 4.68 Å². The van der Waals surface area contributed by atoms with Gasteiger partial charge in [-0.05, 0) is 24.1 Å². The van der Waals surface area contributed by atoms with E-state index in [1.807, 2.05) is 37.5 Å². The summed E-state index contributed by atoms with van der Waals surface area (Å²) in [6.07, 6.45) is 4.46. The Labute approximate surface area is 130 Å². The molecule has 0 aliphatic heterocycles. The molecule has 0 aliphatic carbocycles. The van der Waals surface area contributed by atoms with Gasteiger partial charge in [0, 0.05) is 32.4 Å². The van der Waals surface area contributed by atoms with Crippen LogP contribution in [0.15, 0.2) is 36.7 Å². The second kappa shape index (κ2) is 7.49. The number of nitrogens with zero attached hydrogens (tertiary/aromatic N) is 3. The molecule has 2 amide bonds. The molecule has 1 heterocycles. The van der Waals surface area contributed by atoms with Crippen molar-refractivity contribution < 1.29 is 9.53 Å². The zero-order valence-corrected chi connectivity index (χ0v) is 13.2. The molecule has 0 bridgehead atoms. The lowest BCUT2D eigenvalue weighted by atomic mass is 10.1. The van der Waals surface area contributed by atoms with Crippen LogP contribution >= 0.6 is 0 Å². The van der Waals surface area contributed by atoms with Crippen molar-refractivity contribution in [3.63, 3.8) is 0 Å². The van der Waals surface area contributed by atoms with E-state index in [9.17, 15) is 4.79 Å². The highest BCUT2D eigenvalue weighted by atomic mass is 16.5. The number of amides is 2. The highest BCUT2D eigenvalue weighted by Crippen LogP contribution is 2.11. The lowest BCUT2D eigenvalue weighted by Crippen LogP contribution is -2.37. The molecular weight excluding hydrogens is 280 g/mol. The van der Waals surface area contributed by atoms with Crippen LogP contribution in [0.2, 0.25) is 0 Å². The van der Waals surface area contributed by atoms with Crippen LogP contribution in [0.5, 0.6) is 5.75 Å². The number of hydrogen-bond acceptors (Lipinski definition) is 3. The van der Waals surface area contributed by atoms with Crippen LogP contribution in [0.4, 0.5) is 4.79 Å². The fraction of sp³-hybridized carbons (Fsp3) is 0.375. The van der Waals surface area contributed by atoms with Crippen molar-refractivity contribution >= 4 is 6.03 Å². The molecule has 1 aromatic heterocycles. The Kier molecular flexibility index (Phi) is 5.41. The van der Waals surface area contributed by atoms with Gasteiger partial charge in [0.25, 0.3) is 0 Å². The molecule has 0 radical (unpaired) electrons. The third-order valence-electron chi connectivity index (χ3n) is 3.37. The van der Waals surface area contributed by atoms with Crippen molar-refractivity contribution in [2.75, 3.05) is 20.7 Å². The second-order valence-electron chi connectivity index (χ2n) is 5.21. The van der Waals surface area contributed by atoms with Gasteiger partial charge in [-0.1, -0.05) is 12.1 Å². The van der Waals surface area contributed by atoms with E-state index in [0.29, 0.717) is 13.1 Å². The smallest absolute Gasteiger partial charge is 0.317 e. The Hall–Kier alpha value is -2.50. The van der Waals surface area contributed by atoms with Crippen molar-refractivity contribution in [1.82, 2.24) is 20.0 Å². The largest absolute Gasteiger partial charge is 0.497 e. The number of urea groups is 1. The molecule has 2 aromatic rings. The SMILES string of the molecule is COc1ccc(CCNC(=O)N(C)Cc2cnn(C)c2)cc1. The average molecular weight is 302 g/mol. The van der Waals surface area contributed by atoms with E-state index in [4.69, 9.17) is 4.74 Å². The van der Waals surface area contributed by atoms with Crippen LogP contribution < -0.4 is 10.1 Å². The van der Waals surface area contributed by atoms with Gasteiger partial charge in [0.15, 0.2) is 0 Å². The van der Waals surface area contributed by atoms with E-state index in [2.05, 4.69) is 10.4 Å². The summed E-state index contributed by atoms with van der Waals surface area (Å²) in [5, 5.41) is 7.01. The van der Waals surface area contributed by atoms with Crippen LogP contribution in [0, 0.1) is 0 Å². The number of nitrogens with one attached hydrogen (secondary N) is 1. The van der Waals surface area contributed by atoms with Crippen molar-refractivity contribution in [3.05, 3.63) is 47.8 Å². The number of aryl methyl sites for hydroxylation is 1. The lowest BCUT2D eigenvalue weighted by molar-refractivity contribution is 0.207. The minimum absolute atomic E-state index is 0.0858. The Bertz CT molecular complexity index is 607. The number of aromatic nitrogens is 2. The number of hydrogen-bond donors (Lipinski definition) is 1. The maximum absolute atomic E-state index is 12.0. The molecule has 2 rings (SSSR count). The van der Waals surface area contributed by atoms with Crippen LogP contribution in [0.3, 0.4) is 0 Å². The predicted molar refractivity (Wildman–Crippen MR) is 84.8 cm³/mol. The average Bonchev–Trinajstić information content (AvgIpc) is 2.93. The lowest BCUT2D eigenvalue weighted by Gasteiger charge is -2.17. The molecule has 1 N–H and O–H groups in total. The molecule has 6 nitrogen and oxygen atoms in total. The van der Waals surface area contributed by atoms with Gasteiger partial charge in [-0.25, -0.2) is 4.79 Å². The first-order chi connectivity index (χ1) is 10.6. The molecule has 22 heavy (non-hydrogen) atoms. The monoisotopic (exact) mass is 302 g/mol. The highest BCUT2D eigenvalue weighted by Gasteiger charge is 2.09. The van der Waals surface area contributed by atoms with E-state index < -0.39 is 0 Å². The minimum atomic E-state index is -0.0858. The first-order valence-corrected chi connectivity index (χ1v) is 7.18. The third-order valence-corrected chi connectivity index (χ3v) is 3.37. The zero-order valence-electron chi connectivity index (χ0n) is 13.2. The van der Waals surface area contributed by atoms with Gasteiger partial charge >= 0.3 is 6.03 Å². The van der Waals surface area contributed by atoms with Gasteiger partial charge in [0.05, 0.1) is 19.9 Å². The number of carbonyl (C=O) groups excluding carboxylic acids is 1. The predicted octanol–water partition coefficient (Wildman–Crippen LogP) is 1.81. The molecule has 0 atom stereocenters. The van der Waals surface area contributed by atoms with Gasteiger partial charge in [-0.15, -0.1) is 0 Å². The van der Waals surface area contributed by atoms with E-state index in [-0.39, 0.29) is 6.03 Å². The molecule has 0 saturated heterocycles. The van der Waals surface area contributed by atoms with E-state index in [0.717, 1.165) is 23.3 Å². The molecule has 0 fully saturated rings. The molecule has 0 spiro atoms. The Morgan fingerprint density at radius 3 is 2.64 bits per heavy atom. The Morgan fingerprint density at radius 1 is 1.32 bits per heavy atom. The van der Waals surface area contributed by atoms with Crippen molar-refractivity contribution in [3.8, 4) is 5.75 Å². The topological polar surface area (TPSA) is 59.4 Å². The zero-order chi connectivity index (χ0) is 15.9. The Morgan fingerprint density at radius 2 is 2.05 bits per heavy atom. The molecule has 118 valence electrons. The standard InChI is InChI=1S/C16H22N4O2/c1-19(11-14-10-18-20(2)12-14)16(21)17-9-8-13-4-6-15(22-3)7-5-13/h4-7,10,12H,8-9,11H2,1-3H3,(H,17,21). The first-order valence-electron chi connectivity index (χ1n) is 7.18. The number of carbonyl (C=O) groups is 1. The third kappa shape index (κ3) is 4.51. The molecule has 1 aromatic carbocycles. The van der Waals surface area contributed by atoms with Gasteiger partial charge in [-0.2, -0.15) is 5.10 Å². The maximum Gasteiger partial charge on any atom is 0.317 e. The second-order valence-corrected chi connectivity index (χ2v) is 5.21. The van der Waals surface area contributed by atoms with Crippen molar-refractivity contribution in [2.24, 2.45) is 7.05 Å². The normalized spacial score (nSPS) is 10.3.